The molecule has 0 atom stereocenters. The SMILES string of the molecule is CSc1ccc2nccc(Nc3c(C)cccc3O)c2c1. The van der Waals surface area contributed by atoms with E-state index in [1.54, 1.807) is 24.0 Å². The summed E-state index contributed by atoms with van der Waals surface area (Å²) < 4.78 is 0. The van der Waals surface area contributed by atoms with Crippen molar-refractivity contribution in [2.24, 2.45) is 0 Å². The number of fused-ring (bicyclic) bond motifs is 1. The Morgan fingerprint density at radius 3 is 2.76 bits per heavy atom. The molecular weight excluding hydrogens is 280 g/mol. The third-order valence-electron chi connectivity index (χ3n) is 3.46. The summed E-state index contributed by atoms with van der Waals surface area (Å²) in [6, 6.07) is 13.6. The van der Waals surface area contributed by atoms with Crippen LogP contribution in [0.4, 0.5) is 11.4 Å². The van der Waals surface area contributed by atoms with Crippen molar-refractivity contribution in [3.8, 4) is 5.75 Å². The maximum Gasteiger partial charge on any atom is 0.139 e. The number of phenols is 1. The lowest BCUT2D eigenvalue weighted by molar-refractivity contribution is 0.477. The van der Waals surface area contributed by atoms with Crippen LogP contribution in [0.5, 0.6) is 5.75 Å². The van der Waals surface area contributed by atoms with E-state index < -0.39 is 0 Å². The number of aromatic hydroxyl groups is 1. The summed E-state index contributed by atoms with van der Waals surface area (Å²) in [4.78, 5) is 5.58. The van der Waals surface area contributed by atoms with Gasteiger partial charge in [-0.1, -0.05) is 12.1 Å². The molecule has 0 bridgehead atoms. The van der Waals surface area contributed by atoms with Gasteiger partial charge in [0, 0.05) is 22.2 Å². The second kappa shape index (κ2) is 5.66. The number of rotatable bonds is 3. The highest BCUT2D eigenvalue weighted by Gasteiger charge is 2.08. The summed E-state index contributed by atoms with van der Waals surface area (Å²) in [6.07, 6.45) is 3.83. The Hall–Kier alpha value is -2.20. The predicted octanol–water partition coefficient (Wildman–Crippen LogP) is 4.71. The van der Waals surface area contributed by atoms with Gasteiger partial charge < -0.3 is 10.4 Å². The van der Waals surface area contributed by atoms with Crippen LogP contribution in [0.3, 0.4) is 0 Å². The molecule has 0 unspecified atom stereocenters. The van der Waals surface area contributed by atoms with Crippen molar-refractivity contribution < 1.29 is 5.11 Å². The van der Waals surface area contributed by atoms with Crippen molar-refractivity contribution in [1.82, 2.24) is 4.98 Å². The van der Waals surface area contributed by atoms with Gasteiger partial charge in [0.15, 0.2) is 0 Å². The normalized spacial score (nSPS) is 10.8. The molecule has 0 aliphatic carbocycles. The zero-order valence-electron chi connectivity index (χ0n) is 11.9. The molecule has 3 nitrogen and oxygen atoms in total. The first-order valence-electron chi connectivity index (χ1n) is 6.67. The Kier molecular flexibility index (Phi) is 3.71. The topological polar surface area (TPSA) is 45.2 Å². The van der Waals surface area contributed by atoms with Crippen LogP contribution >= 0.6 is 11.8 Å². The first-order valence-corrected chi connectivity index (χ1v) is 7.90. The molecule has 21 heavy (non-hydrogen) atoms. The minimum atomic E-state index is 0.251. The van der Waals surface area contributed by atoms with E-state index in [0.29, 0.717) is 0 Å². The van der Waals surface area contributed by atoms with Crippen molar-refractivity contribution in [2.45, 2.75) is 11.8 Å². The first kappa shape index (κ1) is 13.8. The van der Waals surface area contributed by atoms with Gasteiger partial charge >= 0.3 is 0 Å². The van der Waals surface area contributed by atoms with Crippen molar-refractivity contribution in [1.29, 1.82) is 0 Å². The number of hydrogen-bond acceptors (Lipinski definition) is 4. The third-order valence-corrected chi connectivity index (χ3v) is 4.18. The number of nitrogens with zero attached hydrogens (tertiary/aromatic N) is 1. The highest BCUT2D eigenvalue weighted by atomic mass is 32.2. The molecule has 3 aromatic rings. The Labute approximate surface area is 128 Å². The van der Waals surface area contributed by atoms with Crippen LogP contribution in [0.25, 0.3) is 10.9 Å². The number of para-hydroxylation sites is 1. The van der Waals surface area contributed by atoms with Crippen LogP contribution in [0.1, 0.15) is 5.56 Å². The van der Waals surface area contributed by atoms with Gasteiger partial charge in [0.05, 0.1) is 11.2 Å². The molecule has 0 amide bonds. The zero-order chi connectivity index (χ0) is 14.8. The molecule has 0 fully saturated rings. The van der Waals surface area contributed by atoms with Crippen LogP contribution in [0, 0.1) is 6.92 Å². The van der Waals surface area contributed by atoms with Crippen LogP contribution in [-0.4, -0.2) is 16.3 Å². The Balaban J connectivity index is 2.12. The molecule has 2 aromatic carbocycles. The molecule has 0 aliphatic heterocycles. The smallest absolute Gasteiger partial charge is 0.139 e. The molecular formula is C17H16N2OS. The number of benzene rings is 2. The van der Waals surface area contributed by atoms with Gasteiger partial charge in [0.25, 0.3) is 0 Å². The zero-order valence-corrected chi connectivity index (χ0v) is 12.7. The Morgan fingerprint density at radius 2 is 2.00 bits per heavy atom. The Bertz CT molecular complexity index is 782. The van der Waals surface area contributed by atoms with Crippen LogP contribution < -0.4 is 5.32 Å². The highest BCUT2D eigenvalue weighted by Crippen LogP contribution is 2.33. The molecule has 1 aromatic heterocycles. The minimum Gasteiger partial charge on any atom is -0.506 e. The monoisotopic (exact) mass is 296 g/mol. The fourth-order valence-electron chi connectivity index (χ4n) is 2.31. The number of aromatic nitrogens is 1. The van der Waals surface area contributed by atoms with Gasteiger partial charge in [-0.15, -0.1) is 11.8 Å². The van der Waals surface area contributed by atoms with Crippen molar-refractivity contribution in [3.05, 3.63) is 54.2 Å². The summed E-state index contributed by atoms with van der Waals surface area (Å²) in [5.74, 6) is 0.251. The quantitative estimate of drug-likeness (QED) is 0.542. The van der Waals surface area contributed by atoms with Gasteiger partial charge in [-0.3, -0.25) is 4.98 Å². The maximum absolute atomic E-state index is 10.0. The summed E-state index contributed by atoms with van der Waals surface area (Å²) in [5.41, 5.74) is 3.62. The summed E-state index contributed by atoms with van der Waals surface area (Å²) >= 11 is 1.70. The van der Waals surface area contributed by atoms with Gasteiger partial charge in [-0.05, 0) is 49.1 Å². The van der Waals surface area contributed by atoms with Crippen LogP contribution in [0.15, 0.2) is 53.6 Å². The van der Waals surface area contributed by atoms with Gasteiger partial charge in [-0.25, -0.2) is 0 Å². The number of nitrogens with one attached hydrogen (secondary N) is 1. The van der Waals surface area contributed by atoms with Gasteiger partial charge in [0.2, 0.25) is 0 Å². The second-order valence-electron chi connectivity index (χ2n) is 4.84. The van der Waals surface area contributed by atoms with E-state index in [0.717, 1.165) is 27.8 Å². The first-order chi connectivity index (χ1) is 10.2. The van der Waals surface area contributed by atoms with Crippen molar-refractivity contribution in [3.63, 3.8) is 0 Å². The number of thioether (sulfide) groups is 1. The van der Waals surface area contributed by atoms with E-state index in [1.807, 2.05) is 31.2 Å². The lowest BCUT2D eigenvalue weighted by atomic mass is 10.1. The average molecular weight is 296 g/mol. The van der Waals surface area contributed by atoms with Crippen LogP contribution in [-0.2, 0) is 0 Å². The summed E-state index contributed by atoms with van der Waals surface area (Å²) in [5, 5.41) is 14.4. The highest BCUT2D eigenvalue weighted by molar-refractivity contribution is 7.98. The average Bonchev–Trinajstić information content (AvgIpc) is 2.50. The van der Waals surface area contributed by atoms with E-state index in [-0.39, 0.29) is 5.75 Å². The molecule has 4 heteroatoms. The van der Waals surface area contributed by atoms with Crippen molar-refractivity contribution in [2.75, 3.05) is 11.6 Å². The molecule has 0 saturated carbocycles. The van der Waals surface area contributed by atoms with E-state index in [9.17, 15) is 5.11 Å². The lowest BCUT2D eigenvalue weighted by Gasteiger charge is -2.13. The molecule has 1 heterocycles. The molecule has 0 aliphatic rings. The molecule has 106 valence electrons. The van der Waals surface area contributed by atoms with Gasteiger partial charge in [-0.2, -0.15) is 0 Å². The van der Waals surface area contributed by atoms with Crippen molar-refractivity contribution >= 4 is 34.0 Å². The lowest BCUT2D eigenvalue weighted by Crippen LogP contribution is -1.95. The largest absolute Gasteiger partial charge is 0.506 e. The fraction of sp³-hybridized carbons (Fsp3) is 0.118. The van der Waals surface area contributed by atoms with E-state index in [1.165, 1.54) is 4.90 Å². The number of phenolic OH excluding ortho intramolecular Hbond substituents is 1. The van der Waals surface area contributed by atoms with E-state index in [4.69, 9.17) is 0 Å². The van der Waals surface area contributed by atoms with Gasteiger partial charge in [0.1, 0.15) is 5.75 Å². The number of hydrogen-bond donors (Lipinski definition) is 2. The predicted molar refractivity (Wildman–Crippen MR) is 89.7 cm³/mol. The molecule has 0 spiro atoms. The Morgan fingerprint density at radius 1 is 1.14 bits per heavy atom. The van der Waals surface area contributed by atoms with E-state index >= 15 is 0 Å². The molecule has 0 radical (unpaired) electrons. The van der Waals surface area contributed by atoms with Crippen LogP contribution in [0.2, 0.25) is 0 Å². The molecule has 3 rings (SSSR count). The second-order valence-corrected chi connectivity index (χ2v) is 5.72. The standard InChI is InChI=1S/C17H16N2OS/c1-11-4-3-5-16(20)17(11)19-15-8-9-18-14-7-6-12(21-2)10-13(14)15/h3-10,20H,1-2H3,(H,18,19). The molecule has 0 saturated heterocycles. The van der Waals surface area contributed by atoms with E-state index in [2.05, 4.69) is 28.7 Å². The molecule has 2 N–H and O–H groups in total. The number of aryl methyl sites for hydroxylation is 1. The number of anilines is 2. The number of pyridine rings is 1. The fourth-order valence-corrected chi connectivity index (χ4v) is 2.75. The minimum absolute atomic E-state index is 0.251. The summed E-state index contributed by atoms with van der Waals surface area (Å²) in [7, 11) is 0. The third kappa shape index (κ3) is 2.67. The maximum atomic E-state index is 10.0. The summed E-state index contributed by atoms with van der Waals surface area (Å²) in [6.45, 7) is 1.97.